The largest absolute Gasteiger partial charge is 0.494 e. The molecule has 0 N–H and O–H groups in total. The lowest BCUT2D eigenvalue weighted by molar-refractivity contribution is 0.00578. The summed E-state index contributed by atoms with van der Waals surface area (Å²) >= 11 is 0. The zero-order valence-electron chi connectivity index (χ0n) is 14.8. The number of amides is 1. The molecule has 126 valence electrons. The Morgan fingerprint density at radius 1 is 1.12 bits per heavy atom. The summed E-state index contributed by atoms with van der Waals surface area (Å²) in [4.78, 5) is 14.2. The normalized spacial score (nSPS) is 22.3. The Kier molecular flexibility index (Phi) is 3.15. The van der Waals surface area contributed by atoms with E-state index in [-0.39, 0.29) is 17.1 Å². The highest BCUT2D eigenvalue weighted by Crippen LogP contribution is 2.36. The van der Waals surface area contributed by atoms with Crippen LogP contribution in [0.4, 0.5) is 0 Å². The standard InChI is InChI=1S/C17H22BN3O3/c1-16(2)17(3,4)24-18(23-16)11-6-7-12-13(10-11)19-21-9-8-20(5)15(22)14(12)21/h6-7,10H,8-9H2,1-5H3. The second-order valence-electron chi connectivity index (χ2n) is 7.66. The van der Waals surface area contributed by atoms with Crippen molar-refractivity contribution in [3.63, 3.8) is 0 Å². The highest BCUT2D eigenvalue weighted by molar-refractivity contribution is 6.62. The lowest BCUT2D eigenvalue weighted by atomic mass is 9.79. The molecule has 1 saturated heterocycles. The molecule has 2 aliphatic heterocycles. The third kappa shape index (κ3) is 2.11. The molecule has 1 aromatic heterocycles. The Labute approximate surface area is 141 Å². The van der Waals surface area contributed by atoms with E-state index in [1.807, 2.05) is 52.9 Å². The number of aromatic nitrogens is 2. The molecule has 0 spiro atoms. The molecule has 24 heavy (non-hydrogen) atoms. The van der Waals surface area contributed by atoms with Gasteiger partial charge in [0.25, 0.3) is 5.91 Å². The zero-order valence-corrected chi connectivity index (χ0v) is 14.8. The number of fused-ring (bicyclic) bond motifs is 3. The lowest BCUT2D eigenvalue weighted by Gasteiger charge is -2.32. The Balaban J connectivity index is 1.75. The van der Waals surface area contributed by atoms with Gasteiger partial charge in [-0.1, -0.05) is 12.1 Å². The first-order valence-corrected chi connectivity index (χ1v) is 8.31. The monoisotopic (exact) mass is 327 g/mol. The molecule has 0 atom stereocenters. The van der Waals surface area contributed by atoms with Crippen molar-refractivity contribution in [3.8, 4) is 0 Å². The number of likely N-dealkylation sites (N-methyl/N-ethyl adjacent to an activating group) is 1. The fraction of sp³-hybridized carbons (Fsp3) is 0.529. The number of nitrogens with zero attached hydrogens (tertiary/aromatic N) is 3. The molecule has 0 aliphatic carbocycles. The molecular formula is C17H22BN3O3. The quantitative estimate of drug-likeness (QED) is 0.744. The van der Waals surface area contributed by atoms with Gasteiger partial charge in [0, 0.05) is 19.0 Å². The van der Waals surface area contributed by atoms with Crippen LogP contribution in [0.1, 0.15) is 38.2 Å². The zero-order chi connectivity index (χ0) is 17.3. The molecule has 1 fully saturated rings. The van der Waals surface area contributed by atoms with E-state index < -0.39 is 7.12 Å². The summed E-state index contributed by atoms with van der Waals surface area (Å²) in [6.45, 7) is 9.55. The van der Waals surface area contributed by atoms with E-state index >= 15 is 0 Å². The molecule has 1 amide bonds. The molecule has 7 heteroatoms. The van der Waals surface area contributed by atoms with Gasteiger partial charge in [-0.25, -0.2) is 0 Å². The van der Waals surface area contributed by atoms with Crippen LogP contribution < -0.4 is 5.46 Å². The minimum atomic E-state index is -0.420. The van der Waals surface area contributed by atoms with E-state index in [9.17, 15) is 4.79 Å². The molecule has 3 heterocycles. The third-order valence-corrected chi connectivity index (χ3v) is 5.49. The van der Waals surface area contributed by atoms with E-state index in [0.717, 1.165) is 22.9 Å². The van der Waals surface area contributed by atoms with E-state index in [2.05, 4.69) is 5.10 Å². The fourth-order valence-electron chi connectivity index (χ4n) is 3.19. The van der Waals surface area contributed by atoms with Crippen LogP contribution in [0.5, 0.6) is 0 Å². The average Bonchev–Trinajstić information content (AvgIpc) is 2.97. The first kappa shape index (κ1) is 15.7. The Hall–Kier alpha value is -1.86. The van der Waals surface area contributed by atoms with Crippen LogP contribution in [0.25, 0.3) is 10.9 Å². The maximum atomic E-state index is 12.4. The highest BCUT2D eigenvalue weighted by Gasteiger charge is 2.51. The molecule has 0 bridgehead atoms. The minimum Gasteiger partial charge on any atom is -0.399 e. The molecule has 0 radical (unpaired) electrons. The minimum absolute atomic E-state index is 0.0205. The molecule has 2 aliphatic rings. The van der Waals surface area contributed by atoms with Crippen LogP contribution in [-0.4, -0.2) is 52.5 Å². The van der Waals surface area contributed by atoms with Crippen LogP contribution in [-0.2, 0) is 15.9 Å². The predicted octanol–water partition coefficient (Wildman–Crippen LogP) is 1.42. The summed E-state index contributed by atoms with van der Waals surface area (Å²) in [7, 11) is 1.40. The van der Waals surface area contributed by atoms with Gasteiger partial charge in [0.1, 0.15) is 5.69 Å². The second-order valence-corrected chi connectivity index (χ2v) is 7.66. The summed E-state index contributed by atoms with van der Waals surface area (Å²) in [5.74, 6) is 0.0205. The lowest BCUT2D eigenvalue weighted by Crippen LogP contribution is -2.41. The van der Waals surface area contributed by atoms with Crippen LogP contribution >= 0.6 is 0 Å². The third-order valence-electron chi connectivity index (χ3n) is 5.49. The van der Waals surface area contributed by atoms with Crippen molar-refractivity contribution in [1.82, 2.24) is 14.7 Å². The molecular weight excluding hydrogens is 305 g/mol. The number of carbonyl (C=O) groups excluding carboxylic acids is 1. The van der Waals surface area contributed by atoms with E-state index in [1.165, 1.54) is 0 Å². The van der Waals surface area contributed by atoms with Gasteiger partial charge in [-0.15, -0.1) is 0 Å². The van der Waals surface area contributed by atoms with Gasteiger partial charge in [-0.3, -0.25) is 9.48 Å². The van der Waals surface area contributed by atoms with Crippen LogP contribution in [0.2, 0.25) is 0 Å². The number of rotatable bonds is 1. The smallest absolute Gasteiger partial charge is 0.399 e. The van der Waals surface area contributed by atoms with Crippen molar-refractivity contribution in [2.24, 2.45) is 0 Å². The summed E-state index contributed by atoms with van der Waals surface area (Å²) < 4.78 is 14.0. The van der Waals surface area contributed by atoms with Crippen molar-refractivity contribution in [2.45, 2.75) is 45.4 Å². The van der Waals surface area contributed by atoms with Crippen molar-refractivity contribution < 1.29 is 14.1 Å². The predicted molar refractivity (Wildman–Crippen MR) is 92.4 cm³/mol. The van der Waals surface area contributed by atoms with Crippen LogP contribution in [0, 0.1) is 0 Å². The Morgan fingerprint density at radius 3 is 2.46 bits per heavy atom. The summed E-state index contributed by atoms with van der Waals surface area (Å²) in [5, 5.41) is 5.48. The molecule has 6 nitrogen and oxygen atoms in total. The highest BCUT2D eigenvalue weighted by atomic mass is 16.7. The van der Waals surface area contributed by atoms with Gasteiger partial charge in [-0.05, 0) is 39.2 Å². The fourth-order valence-corrected chi connectivity index (χ4v) is 3.19. The van der Waals surface area contributed by atoms with Gasteiger partial charge >= 0.3 is 7.12 Å². The Bertz CT molecular complexity index is 827. The Morgan fingerprint density at radius 2 is 1.79 bits per heavy atom. The van der Waals surface area contributed by atoms with Crippen molar-refractivity contribution in [2.75, 3.05) is 13.6 Å². The molecule has 1 aromatic carbocycles. The van der Waals surface area contributed by atoms with E-state index in [4.69, 9.17) is 9.31 Å². The van der Waals surface area contributed by atoms with Gasteiger partial charge in [0.05, 0.1) is 23.3 Å². The maximum absolute atomic E-state index is 12.4. The molecule has 2 aromatic rings. The number of carbonyl (C=O) groups is 1. The van der Waals surface area contributed by atoms with E-state index in [0.29, 0.717) is 12.2 Å². The topological polar surface area (TPSA) is 56.6 Å². The SMILES string of the molecule is CN1CCn2nc3cc(B4OC(C)(C)C(C)(C)O4)ccc3c2C1=O. The molecule has 0 saturated carbocycles. The average molecular weight is 327 g/mol. The summed E-state index contributed by atoms with van der Waals surface area (Å²) in [6, 6.07) is 5.89. The van der Waals surface area contributed by atoms with Crippen LogP contribution in [0.15, 0.2) is 18.2 Å². The first-order valence-electron chi connectivity index (χ1n) is 8.31. The first-order chi connectivity index (χ1) is 11.2. The summed E-state index contributed by atoms with van der Waals surface area (Å²) in [5.41, 5.74) is 1.65. The maximum Gasteiger partial charge on any atom is 0.494 e. The molecule has 4 rings (SSSR count). The van der Waals surface area contributed by atoms with Gasteiger partial charge < -0.3 is 14.2 Å². The van der Waals surface area contributed by atoms with Gasteiger partial charge in [0.2, 0.25) is 0 Å². The van der Waals surface area contributed by atoms with Gasteiger partial charge in [0.15, 0.2) is 0 Å². The number of hydrogen-bond acceptors (Lipinski definition) is 4. The van der Waals surface area contributed by atoms with Crippen molar-refractivity contribution >= 4 is 29.4 Å². The van der Waals surface area contributed by atoms with Crippen molar-refractivity contribution in [3.05, 3.63) is 23.9 Å². The second kappa shape index (κ2) is 4.83. The van der Waals surface area contributed by atoms with E-state index in [1.54, 1.807) is 9.58 Å². The van der Waals surface area contributed by atoms with Crippen molar-refractivity contribution in [1.29, 1.82) is 0 Å². The van der Waals surface area contributed by atoms with Crippen LogP contribution in [0.3, 0.4) is 0 Å². The number of benzene rings is 1. The number of hydrogen-bond donors (Lipinski definition) is 0. The van der Waals surface area contributed by atoms with Gasteiger partial charge in [-0.2, -0.15) is 5.10 Å². The molecule has 0 unspecified atom stereocenters. The summed E-state index contributed by atoms with van der Waals surface area (Å²) in [6.07, 6.45) is 0.